The summed E-state index contributed by atoms with van der Waals surface area (Å²) in [5, 5.41) is 0. The van der Waals surface area contributed by atoms with Gasteiger partial charge in [0.1, 0.15) is 5.60 Å². The Hall–Kier alpha value is -0.0800. The molecular weight excluding hydrogens is 188 g/mol. The van der Waals surface area contributed by atoms with E-state index in [0.29, 0.717) is 5.92 Å². The minimum absolute atomic E-state index is 0.0382. The summed E-state index contributed by atoms with van der Waals surface area (Å²) in [6.07, 6.45) is 0.226. The normalized spacial score (nSPS) is 44.4. The molecular formula is C13H24O2. The number of hydrogen-bond donors (Lipinski definition) is 0. The fourth-order valence-electron chi connectivity index (χ4n) is 3.36. The van der Waals surface area contributed by atoms with E-state index < -0.39 is 0 Å². The molecule has 1 aliphatic carbocycles. The van der Waals surface area contributed by atoms with Crippen LogP contribution in [0.3, 0.4) is 0 Å². The van der Waals surface area contributed by atoms with Gasteiger partial charge in [0, 0.05) is 5.41 Å². The highest BCUT2D eigenvalue weighted by Gasteiger charge is 2.76. The zero-order valence-electron chi connectivity index (χ0n) is 10.9. The molecule has 0 aromatic heterocycles. The number of ether oxygens (including phenoxy) is 2. The fourth-order valence-corrected chi connectivity index (χ4v) is 3.36. The van der Waals surface area contributed by atoms with Crippen LogP contribution in [0.1, 0.15) is 41.5 Å². The van der Waals surface area contributed by atoms with Crippen molar-refractivity contribution in [3.63, 3.8) is 0 Å². The van der Waals surface area contributed by atoms with Gasteiger partial charge in [-0.1, -0.05) is 41.5 Å². The van der Waals surface area contributed by atoms with E-state index in [1.54, 1.807) is 0 Å². The van der Waals surface area contributed by atoms with Gasteiger partial charge < -0.3 is 9.47 Å². The third-order valence-corrected chi connectivity index (χ3v) is 4.53. The van der Waals surface area contributed by atoms with E-state index in [9.17, 15) is 0 Å². The third-order valence-electron chi connectivity index (χ3n) is 4.53. The van der Waals surface area contributed by atoms with E-state index in [1.807, 2.05) is 0 Å². The monoisotopic (exact) mass is 212 g/mol. The summed E-state index contributed by atoms with van der Waals surface area (Å²) in [5.41, 5.74) is 0.372. The lowest BCUT2D eigenvalue weighted by atomic mass is 9.81. The lowest BCUT2D eigenvalue weighted by Crippen LogP contribution is -2.51. The van der Waals surface area contributed by atoms with Crippen LogP contribution >= 0.6 is 0 Å². The first-order chi connectivity index (χ1) is 6.74. The molecule has 2 aliphatic rings. The lowest BCUT2D eigenvalue weighted by molar-refractivity contribution is -0.204. The molecule has 0 bridgehead atoms. The Kier molecular flexibility index (Phi) is 2.27. The summed E-state index contributed by atoms with van der Waals surface area (Å²) in [7, 11) is 0. The standard InChI is InChI=1S/C13H24O2/c1-9-12(5,6)13(9)10(11(2,3)4)14-7-8-15-13/h9-10H,7-8H2,1-6H3. The van der Waals surface area contributed by atoms with Crippen molar-refractivity contribution in [2.24, 2.45) is 16.7 Å². The van der Waals surface area contributed by atoms with Gasteiger partial charge in [-0.15, -0.1) is 0 Å². The second-order valence-corrected chi connectivity index (χ2v) is 6.70. The highest BCUT2D eigenvalue weighted by Crippen LogP contribution is 2.68. The average Bonchev–Trinajstić information content (AvgIpc) is 2.51. The largest absolute Gasteiger partial charge is 0.372 e. The predicted molar refractivity (Wildman–Crippen MR) is 60.8 cm³/mol. The van der Waals surface area contributed by atoms with Gasteiger partial charge in [-0.25, -0.2) is 0 Å². The third kappa shape index (κ3) is 1.31. The van der Waals surface area contributed by atoms with Crippen LogP contribution in [-0.4, -0.2) is 24.9 Å². The van der Waals surface area contributed by atoms with Crippen LogP contribution in [0.5, 0.6) is 0 Å². The van der Waals surface area contributed by atoms with Gasteiger partial charge >= 0.3 is 0 Å². The average molecular weight is 212 g/mol. The molecule has 2 rings (SSSR count). The summed E-state index contributed by atoms with van der Waals surface area (Å²) in [6, 6.07) is 0. The maximum Gasteiger partial charge on any atom is 0.103 e. The Morgan fingerprint density at radius 2 is 1.67 bits per heavy atom. The highest BCUT2D eigenvalue weighted by molar-refractivity contribution is 5.24. The molecule has 2 nitrogen and oxygen atoms in total. The van der Waals surface area contributed by atoms with Gasteiger partial charge in [-0.3, -0.25) is 0 Å². The van der Waals surface area contributed by atoms with Crippen molar-refractivity contribution in [2.75, 3.05) is 13.2 Å². The summed E-state index contributed by atoms with van der Waals surface area (Å²) in [5.74, 6) is 0.592. The van der Waals surface area contributed by atoms with E-state index in [-0.39, 0.29) is 22.5 Å². The van der Waals surface area contributed by atoms with Gasteiger partial charge in [0.05, 0.1) is 19.3 Å². The van der Waals surface area contributed by atoms with Crippen LogP contribution in [0.15, 0.2) is 0 Å². The predicted octanol–water partition coefficient (Wildman–Crippen LogP) is 2.86. The molecule has 3 atom stereocenters. The molecule has 2 heteroatoms. The quantitative estimate of drug-likeness (QED) is 0.614. The van der Waals surface area contributed by atoms with Gasteiger partial charge in [0.2, 0.25) is 0 Å². The first-order valence-corrected chi connectivity index (χ1v) is 6.00. The Labute approximate surface area is 93.3 Å². The van der Waals surface area contributed by atoms with Crippen molar-refractivity contribution in [1.82, 2.24) is 0 Å². The highest BCUT2D eigenvalue weighted by atomic mass is 16.6. The van der Waals surface area contributed by atoms with Crippen molar-refractivity contribution in [3.8, 4) is 0 Å². The van der Waals surface area contributed by atoms with Crippen molar-refractivity contribution in [1.29, 1.82) is 0 Å². The first-order valence-electron chi connectivity index (χ1n) is 6.00. The molecule has 1 aliphatic heterocycles. The Bertz CT molecular complexity index is 264. The fraction of sp³-hybridized carbons (Fsp3) is 1.00. The SMILES string of the molecule is CC1C(C)(C)C12OCCOC2C(C)(C)C. The molecule has 0 aromatic carbocycles. The zero-order valence-corrected chi connectivity index (χ0v) is 10.9. The van der Waals surface area contributed by atoms with Crippen molar-refractivity contribution >= 4 is 0 Å². The Balaban J connectivity index is 2.31. The van der Waals surface area contributed by atoms with E-state index >= 15 is 0 Å². The van der Waals surface area contributed by atoms with Crippen LogP contribution in [0.2, 0.25) is 0 Å². The van der Waals surface area contributed by atoms with Gasteiger partial charge in [-0.05, 0) is 11.3 Å². The second kappa shape index (κ2) is 2.98. The maximum absolute atomic E-state index is 6.12. The zero-order chi connectivity index (χ0) is 11.5. The topological polar surface area (TPSA) is 18.5 Å². The molecule has 0 radical (unpaired) electrons. The molecule has 0 amide bonds. The van der Waals surface area contributed by atoms with Crippen LogP contribution in [0.4, 0.5) is 0 Å². The van der Waals surface area contributed by atoms with E-state index in [1.165, 1.54) is 0 Å². The first kappa shape index (κ1) is 11.4. The van der Waals surface area contributed by atoms with Crippen LogP contribution in [-0.2, 0) is 9.47 Å². The van der Waals surface area contributed by atoms with Gasteiger partial charge in [0.25, 0.3) is 0 Å². The summed E-state index contributed by atoms with van der Waals surface area (Å²) in [6.45, 7) is 15.1. The van der Waals surface area contributed by atoms with Gasteiger partial charge in [-0.2, -0.15) is 0 Å². The summed E-state index contributed by atoms with van der Waals surface area (Å²) in [4.78, 5) is 0. The Morgan fingerprint density at radius 1 is 1.13 bits per heavy atom. The Morgan fingerprint density at radius 3 is 2.00 bits per heavy atom. The van der Waals surface area contributed by atoms with Crippen LogP contribution in [0, 0.1) is 16.7 Å². The molecule has 15 heavy (non-hydrogen) atoms. The van der Waals surface area contributed by atoms with E-state index in [2.05, 4.69) is 41.5 Å². The summed E-state index contributed by atoms with van der Waals surface area (Å²) >= 11 is 0. The molecule has 0 aromatic rings. The van der Waals surface area contributed by atoms with E-state index in [4.69, 9.17) is 9.47 Å². The van der Waals surface area contributed by atoms with Crippen molar-refractivity contribution in [2.45, 2.75) is 53.2 Å². The minimum Gasteiger partial charge on any atom is -0.372 e. The molecule has 2 fully saturated rings. The van der Waals surface area contributed by atoms with Crippen molar-refractivity contribution < 1.29 is 9.47 Å². The minimum atomic E-state index is -0.0382. The molecule has 1 heterocycles. The molecule has 0 N–H and O–H groups in total. The summed E-state index contributed by atoms with van der Waals surface area (Å²) < 4.78 is 12.1. The number of rotatable bonds is 0. The molecule has 3 unspecified atom stereocenters. The van der Waals surface area contributed by atoms with E-state index in [0.717, 1.165) is 13.2 Å². The number of hydrogen-bond acceptors (Lipinski definition) is 2. The van der Waals surface area contributed by atoms with Gasteiger partial charge in [0.15, 0.2) is 0 Å². The lowest BCUT2D eigenvalue weighted by Gasteiger charge is -2.42. The molecule has 88 valence electrons. The second-order valence-electron chi connectivity index (χ2n) is 6.70. The van der Waals surface area contributed by atoms with Crippen molar-refractivity contribution in [3.05, 3.63) is 0 Å². The maximum atomic E-state index is 6.12. The van der Waals surface area contributed by atoms with Crippen LogP contribution in [0.25, 0.3) is 0 Å². The molecule has 1 spiro atoms. The smallest absolute Gasteiger partial charge is 0.103 e. The van der Waals surface area contributed by atoms with Crippen LogP contribution < -0.4 is 0 Å². The molecule has 1 saturated heterocycles. The molecule has 1 saturated carbocycles.